The van der Waals surface area contributed by atoms with Crippen LogP contribution in [-0.4, -0.2) is 16.0 Å². The Morgan fingerprint density at radius 1 is 2.00 bits per heavy atom. The van der Waals surface area contributed by atoms with Crippen LogP contribution >= 0.6 is 0 Å². The Balaban J connectivity index is 2.93. The second-order valence-electron chi connectivity index (χ2n) is 0.575. The predicted octanol–water partition coefficient (Wildman–Crippen LogP) is 0.914. The molecule has 0 aromatic carbocycles. The van der Waals surface area contributed by atoms with Gasteiger partial charge in [-0.25, -0.2) is 0 Å². The van der Waals surface area contributed by atoms with Crippen molar-refractivity contribution < 1.29 is 0 Å². The van der Waals surface area contributed by atoms with E-state index in [4.69, 9.17) is 0 Å². The molecule has 0 aliphatic carbocycles. The second kappa shape index (κ2) is 4.04. The van der Waals surface area contributed by atoms with Crippen molar-refractivity contribution in [1.29, 1.82) is 0 Å². The third-order valence-corrected chi connectivity index (χ3v) is 0.577. The van der Waals surface area contributed by atoms with E-state index in [2.05, 4.69) is 28.3 Å². The van der Waals surface area contributed by atoms with Crippen LogP contribution in [0.1, 0.15) is 0 Å². The van der Waals surface area contributed by atoms with Gasteiger partial charge >= 0.3 is 39.7 Å². The summed E-state index contributed by atoms with van der Waals surface area (Å²) in [5, 5.41) is 0.920. The predicted molar refractivity (Wildman–Crippen MR) is 24.3 cm³/mol. The first kappa shape index (κ1) is 5.04. The van der Waals surface area contributed by atoms with E-state index in [-0.39, 0.29) is 0 Å². The molecule has 0 saturated carbocycles. The molecule has 0 spiro atoms. The van der Waals surface area contributed by atoms with E-state index in [9.17, 15) is 0 Å². The van der Waals surface area contributed by atoms with Crippen molar-refractivity contribution >= 4 is 16.0 Å². The fourth-order valence-electron chi connectivity index (χ4n) is 0.0589. The van der Waals surface area contributed by atoms with Gasteiger partial charge in [-0.2, -0.15) is 0 Å². The number of hydrogen-bond acceptors (Lipinski definition) is 0. The Morgan fingerprint density at radius 3 is 2.60 bits per heavy atom. The number of rotatable bonds is 1. The monoisotopic (exact) mass is 133 g/mol. The van der Waals surface area contributed by atoms with Gasteiger partial charge in [-0.15, -0.1) is 0 Å². The molecule has 0 aromatic heterocycles. The summed E-state index contributed by atoms with van der Waals surface area (Å²) in [6.45, 7) is 3.35. The molecule has 0 N–H and O–H groups in total. The van der Waals surface area contributed by atoms with Crippen LogP contribution in [0.15, 0.2) is 18.4 Å². The Hall–Kier alpha value is 0.0395. The van der Waals surface area contributed by atoms with Crippen molar-refractivity contribution in [2.75, 3.05) is 0 Å². The molecule has 5 heavy (non-hydrogen) atoms. The summed E-state index contributed by atoms with van der Waals surface area (Å²) >= 11 is 2.79. The summed E-state index contributed by atoms with van der Waals surface area (Å²) in [4.78, 5) is 0. The van der Waals surface area contributed by atoms with Gasteiger partial charge in [0, 0.05) is 0 Å². The third-order valence-electron chi connectivity index (χ3n) is 0.228. The van der Waals surface area contributed by atoms with Gasteiger partial charge < -0.3 is 0 Å². The molecule has 0 nitrogen and oxygen atoms in total. The minimum atomic E-state index is 0.920. The zero-order valence-corrected chi connectivity index (χ0v) is 4.61. The van der Waals surface area contributed by atoms with Gasteiger partial charge in [0.15, 0.2) is 0 Å². The standard InChI is InChI=1S/C4H5Se/c1-2-3-4-5/h3H,1,4H2. The van der Waals surface area contributed by atoms with Gasteiger partial charge in [-0.3, -0.25) is 0 Å². The maximum atomic E-state index is 3.35. The van der Waals surface area contributed by atoms with Crippen LogP contribution in [0, 0.1) is 0 Å². The Kier molecular flexibility index (Phi) is 4.07. The summed E-state index contributed by atoms with van der Waals surface area (Å²) in [5.41, 5.74) is 2.61. The Labute approximate surface area is 40.4 Å². The van der Waals surface area contributed by atoms with Crippen LogP contribution in [0.5, 0.6) is 0 Å². The molecule has 0 amide bonds. The van der Waals surface area contributed by atoms with Crippen molar-refractivity contribution in [1.82, 2.24) is 0 Å². The molecule has 0 aliphatic heterocycles. The first-order chi connectivity index (χ1) is 2.41. The SMILES string of the molecule is C=C=CC[Se]. The van der Waals surface area contributed by atoms with Crippen molar-refractivity contribution in [2.45, 2.75) is 5.32 Å². The average Bonchev–Trinajstić information content (AvgIpc) is 1.41. The van der Waals surface area contributed by atoms with E-state index in [1.807, 2.05) is 6.08 Å². The van der Waals surface area contributed by atoms with Crippen LogP contribution in [0.4, 0.5) is 0 Å². The molecule has 0 atom stereocenters. The topological polar surface area (TPSA) is 0 Å². The minimum absolute atomic E-state index is 0.920. The van der Waals surface area contributed by atoms with Crippen LogP contribution in [-0.2, 0) is 0 Å². The summed E-state index contributed by atoms with van der Waals surface area (Å²) in [6.07, 6.45) is 1.83. The first-order valence-electron chi connectivity index (χ1n) is 1.34. The molecule has 0 fully saturated rings. The maximum absolute atomic E-state index is 3.35. The zero-order chi connectivity index (χ0) is 4.12. The van der Waals surface area contributed by atoms with Gasteiger partial charge in [0.1, 0.15) is 0 Å². The average molecular weight is 132 g/mol. The summed E-state index contributed by atoms with van der Waals surface area (Å²) in [5.74, 6) is 0. The van der Waals surface area contributed by atoms with Crippen LogP contribution in [0.3, 0.4) is 0 Å². The van der Waals surface area contributed by atoms with E-state index in [1.54, 1.807) is 0 Å². The fourth-order valence-corrected chi connectivity index (χ4v) is 0.306. The van der Waals surface area contributed by atoms with E-state index in [1.165, 1.54) is 0 Å². The summed E-state index contributed by atoms with van der Waals surface area (Å²) in [7, 11) is 0. The molecule has 1 heteroatoms. The first-order valence-corrected chi connectivity index (χ1v) is 2.55. The van der Waals surface area contributed by atoms with Crippen LogP contribution in [0.25, 0.3) is 0 Å². The van der Waals surface area contributed by atoms with E-state index < -0.39 is 0 Å². The quantitative estimate of drug-likeness (QED) is 0.367. The fraction of sp³-hybridized carbons (Fsp3) is 0.250. The van der Waals surface area contributed by atoms with E-state index >= 15 is 0 Å². The van der Waals surface area contributed by atoms with Gasteiger partial charge in [-0.05, 0) is 0 Å². The zero-order valence-electron chi connectivity index (χ0n) is 2.90. The van der Waals surface area contributed by atoms with Gasteiger partial charge in [-0.1, -0.05) is 0 Å². The molecule has 1 radical (unpaired) electrons. The molecule has 0 heterocycles. The van der Waals surface area contributed by atoms with Crippen molar-refractivity contribution in [3.05, 3.63) is 18.4 Å². The Bertz CT molecular complexity index is 50.7. The van der Waals surface area contributed by atoms with Gasteiger partial charge in [0.25, 0.3) is 0 Å². The molecule has 27 valence electrons. The molecular formula is C4H5Se. The second-order valence-corrected chi connectivity index (χ2v) is 1.27. The molecule has 0 bridgehead atoms. The van der Waals surface area contributed by atoms with Gasteiger partial charge in [0.2, 0.25) is 0 Å². The van der Waals surface area contributed by atoms with Gasteiger partial charge in [0.05, 0.1) is 0 Å². The molecule has 0 unspecified atom stereocenters. The number of allylic oxidation sites excluding steroid dienone is 1. The molecule has 0 rings (SSSR count). The molecule has 0 aliphatic rings. The van der Waals surface area contributed by atoms with Crippen molar-refractivity contribution in [2.24, 2.45) is 0 Å². The van der Waals surface area contributed by atoms with Crippen molar-refractivity contribution in [3.8, 4) is 0 Å². The molecule has 0 aromatic rings. The van der Waals surface area contributed by atoms with E-state index in [0.717, 1.165) is 5.32 Å². The molecule has 0 saturated heterocycles. The van der Waals surface area contributed by atoms with Crippen molar-refractivity contribution in [3.63, 3.8) is 0 Å². The third kappa shape index (κ3) is 4.04. The molecular weight excluding hydrogens is 127 g/mol. The number of hydrogen-bond donors (Lipinski definition) is 0. The normalized spacial score (nSPS) is 5.80. The summed E-state index contributed by atoms with van der Waals surface area (Å²) < 4.78 is 0. The van der Waals surface area contributed by atoms with Crippen LogP contribution < -0.4 is 0 Å². The Morgan fingerprint density at radius 2 is 2.60 bits per heavy atom. The summed E-state index contributed by atoms with van der Waals surface area (Å²) in [6, 6.07) is 0. The van der Waals surface area contributed by atoms with Crippen LogP contribution in [0.2, 0.25) is 5.32 Å². The van der Waals surface area contributed by atoms with E-state index in [0.29, 0.717) is 0 Å².